The topological polar surface area (TPSA) is 109 Å². The number of hydrogen-bond acceptors (Lipinski definition) is 5. The molecule has 0 heterocycles. The molecule has 0 radical (unpaired) electrons. The minimum absolute atomic E-state index is 0. The molecular formula is C18H36BBiO5. The summed E-state index contributed by atoms with van der Waals surface area (Å²) in [5, 5.41) is 35.5. The number of aliphatic carboxylic acids is 1. The molecule has 0 N–H and O–H groups in total. The predicted molar refractivity (Wildman–Crippen MR) is 97.5 cm³/mol. The van der Waals surface area contributed by atoms with Crippen molar-refractivity contribution < 1.29 is 25.0 Å². The summed E-state index contributed by atoms with van der Waals surface area (Å²) in [5.74, 6) is -0.903. The van der Waals surface area contributed by atoms with Gasteiger partial charge in [0.1, 0.15) is 0 Å². The van der Waals surface area contributed by atoms with E-state index >= 15 is 0 Å². The predicted octanol–water partition coefficient (Wildman–Crippen LogP) is 0.402. The molecule has 0 aromatic carbocycles. The fourth-order valence-corrected chi connectivity index (χ4v) is 2.64. The number of carbonyl (C=O) groups is 1. The third kappa shape index (κ3) is 40.4. The van der Waals surface area contributed by atoms with Crippen molar-refractivity contribution in [2.45, 2.75) is 110 Å². The molecule has 0 spiro atoms. The number of rotatable bonds is 16. The quantitative estimate of drug-likeness (QED) is 0.204. The molecule has 0 amide bonds. The van der Waals surface area contributed by atoms with Gasteiger partial charge in [-0.3, -0.25) is 7.32 Å². The molecule has 0 unspecified atom stereocenters. The van der Waals surface area contributed by atoms with E-state index in [9.17, 15) is 9.90 Å². The molecule has 0 fully saturated rings. The monoisotopic (exact) mass is 552 g/mol. The van der Waals surface area contributed by atoms with Crippen LogP contribution in [0.15, 0.2) is 0 Å². The Morgan fingerprint density at radius 2 is 0.880 bits per heavy atom. The normalized spacial score (nSPS) is 9.76. The van der Waals surface area contributed by atoms with E-state index in [2.05, 4.69) is 6.92 Å². The van der Waals surface area contributed by atoms with Gasteiger partial charge in [0.2, 0.25) is 0 Å². The van der Waals surface area contributed by atoms with Gasteiger partial charge < -0.3 is 25.0 Å². The van der Waals surface area contributed by atoms with Crippen LogP contribution in [0.25, 0.3) is 0 Å². The zero-order valence-corrected chi connectivity index (χ0v) is 19.8. The molecule has 0 saturated carbocycles. The minimum Gasteiger partial charge on any atom is -0.907 e. The molecule has 0 aliphatic rings. The molecule has 5 nitrogen and oxygen atoms in total. The van der Waals surface area contributed by atoms with E-state index in [0.717, 1.165) is 12.8 Å². The second-order valence-electron chi connectivity index (χ2n) is 6.36. The summed E-state index contributed by atoms with van der Waals surface area (Å²) in [7, 11) is -2.92. The molecule has 25 heavy (non-hydrogen) atoms. The maximum Gasteiger partial charge on any atom is -0.278 e. The molecule has 7 heteroatoms. The largest absolute Gasteiger partial charge is 0.907 e. The molecule has 0 saturated heterocycles. The molecule has 0 aliphatic carbocycles. The fraction of sp³-hybridized carbons (Fsp3) is 0.944. The summed E-state index contributed by atoms with van der Waals surface area (Å²) in [6.45, 7) is 2.27. The first-order chi connectivity index (χ1) is 11.5. The van der Waals surface area contributed by atoms with Crippen LogP contribution in [-0.2, 0) is 4.79 Å². The van der Waals surface area contributed by atoms with E-state index in [4.69, 9.17) is 15.1 Å². The minimum atomic E-state index is -2.92. The van der Waals surface area contributed by atoms with Crippen molar-refractivity contribution in [3.63, 3.8) is 0 Å². The van der Waals surface area contributed by atoms with Gasteiger partial charge in [0, 0.05) is 5.97 Å². The van der Waals surface area contributed by atoms with Gasteiger partial charge in [-0.15, -0.1) is 0 Å². The smallest absolute Gasteiger partial charge is 0.278 e. The Morgan fingerprint density at radius 1 is 0.640 bits per heavy atom. The molecule has 0 aliphatic heterocycles. The standard InChI is InChI=1S/C18H36O2.BO3.Bi.H/c1-2-3-4-5-6-7-8-9-10-11-12-13-14-15-16-17-18(19)20;2-1(3)4;;/h2-17H2,1H3,(H,19,20);;;/q;-3;+4;/p-1. The van der Waals surface area contributed by atoms with E-state index in [1.165, 1.54) is 83.5 Å². The van der Waals surface area contributed by atoms with Crippen molar-refractivity contribution in [1.29, 1.82) is 0 Å². The Labute approximate surface area is 173 Å². The first-order valence-corrected chi connectivity index (χ1v) is 9.68. The fourth-order valence-electron chi connectivity index (χ4n) is 2.64. The van der Waals surface area contributed by atoms with E-state index in [0.29, 0.717) is 0 Å². The first-order valence-electron chi connectivity index (χ1n) is 9.68. The molecule has 0 aromatic rings. The van der Waals surface area contributed by atoms with Gasteiger partial charge in [-0.25, -0.2) is 0 Å². The zero-order chi connectivity index (χ0) is 18.5. The van der Waals surface area contributed by atoms with Crippen LogP contribution in [0, 0.1) is 0 Å². The average Bonchev–Trinajstić information content (AvgIpc) is 2.50. The first kappa shape index (κ1) is 30.0. The molecule has 0 atom stereocenters. The van der Waals surface area contributed by atoms with E-state index in [-0.39, 0.29) is 32.6 Å². The van der Waals surface area contributed by atoms with Gasteiger partial charge in [0.05, 0.1) is 0 Å². The van der Waals surface area contributed by atoms with Crippen LogP contribution >= 0.6 is 0 Å². The van der Waals surface area contributed by atoms with Gasteiger partial charge in [0.25, 0.3) is 0 Å². The Bertz CT molecular complexity index is 253. The number of unbranched alkanes of at least 4 members (excludes halogenated alkanes) is 14. The van der Waals surface area contributed by atoms with Gasteiger partial charge in [-0.1, -0.05) is 96.8 Å². The summed E-state index contributed by atoms with van der Waals surface area (Å²) in [5.41, 5.74) is 0. The zero-order valence-electron chi connectivity index (χ0n) is 15.9. The Balaban J connectivity index is -0.000000867. The summed E-state index contributed by atoms with van der Waals surface area (Å²) < 4.78 is 0. The van der Waals surface area contributed by atoms with Crippen LogP contribution in [0.4, 0.5) is 0 Å². The van der Waals surface area contributed by atoms with Gasteiger partial charge >= 0.3 is 26.2 Å². The van der Waals surface area contributed by atoms with E-state index in [1.807, 2.05) is 0 Å². The van der Waals surface area contributed by atoms with E-state index in [1.54, 1.807) is 0 Å². The van der Waals surface area contributed by atoms with Crippen molar-refractivity contribution in [1.82, 2.24) is 0 Å². The summed E-state index contributed by atoms with van der Waals surface area (Å²) in [6, 6.07) is 0. The third-order valence-electron chi connectivity index (χ3n) is 3.98. The Morgan fingerprint density at radius 3 is 1.12 bits per heavy atom. The number of carboxylic acid groups (broad SMARTS) is 1. The second-order valence-corrected chi connectivity index (χ2v) is 6.36. The maximum absolute atomic E-state index is 10.2. The summed E-state index contributed by atoms with van der Waals surface area (Å²) in [4.78, 5) is 10.2. The van der Waals surface area contributed by atoms with Crippen LogP contribution < -0.4 is 20.2 Å². The van der Waals surface area contributed by atoms with Crippen molar-refractivity contribution in [2.75, 3.05) is 0 Å². The molecular weight excluding hydrogens is 516 g/mol. The molecule has 0 aromatic heterocycles. The van der Waals surface area contributed by atoms with Crippen LogP contribution in [0.3, 0.4) is 0 Å². The van der Waals surface area contributed by atoms with Gasteiger partial charge in [-0.05, 0) is 12.8 Å². The van der Waals surface area contributed by atoms with Gasteiger partial charge in [0.15, 0.2) is 0 Å². The number of carboxylic acids is 1. The number of carbonyl (C=O) groups excluding carboxylic acids is 1. The van der Waals surface area contributed by atoms with Crippen LogP contribution in [0.1, 0.15) is 110 Å². The third-order valence-corrected chi connectivity index (χ3v) is 3.98. The average molecular weight is 552 g/mol. The number of hydrogen-bond donors (Lipinski definition) is 0. The summed E-state index contributed by atoms with van der Waals surface area (Å²) >= 11 is 0. The molecule has 0 rings (SSSR count). The van der Waals surface area contributed by atoms with Crippen LogP contribution in [0.5, 0.6) is 0 Å². The summed E-state index contributed by atoms with van der Waals surface area (Å²) in [6.07, 6.45) is 19.9. The van der Waals surface area contributed by atoms with Crippen molar-refractivity contribution in [3.8, 4) is 0 Å². The molecule has 146 valence electrons. The Kier molecular flexibility index (Phi) is 31.9. The van der Waals surface area contributed by atoms with Crippen molar-refractivity contribution in [2.24, 2.45) is 0 Å². The van der Waals surface area contributed by atoms with Crippen LogP contribution in [-0.4, -0.2) is 39.5 Å². The SMILES string of the molecule is CCCCCCCCCCCCCCCCCC(=O)[O-].[BiH+4].[O-]B([O-])[O-]. The van der Waals surface area contributed by atoms with Gasteiger partial charge in [-0.2, -0.15) is 0 Å². The Hall–Kier alpha value is 0.298. The second kappa shape index (κ2) is 26.5. The van der Waals surface area contributed by atoms with Crippen molar-refractivity contribution >= 4 is 39.5 Å². The van der Waals surface area contributed by atoms with Crippen molar-refractivity contribution in [3.05, 3.63) is 0 Å². The molecule has 0 bridgehead atoms. The maximum atomic E-state index is 10.2. The van der Waals surface area contributed by atoms with E-state index < -0.39 is 13.3 Å². The van der Waals surface area contributed by atoms with Crippen LogP contribution in [0.2, 0.25) is 0 Å².